The summed E-state index contributed by atoms with van der Waals surface area (Å²) in [5, 5.41) is 3.37. The molecular weight excluding hydrogens is 402 g/mol. The molecule has 1 unspecified atom stereocenters. The average molecular weight is 426 g/mol. The van der Waals surface area contributed by atoms with Crippen molar-refractivity contribution >= 4 is 32.7 Å². The van der Waals surface area contributed by atoms with Crippen LogP contribution in [0.4, 0.5) is 13.9 Å². The van der Waals surface area contributed by atoms with Crippen molar-refractivity contribution in [3.05, 3.63) is 12.1 Å². The van der Waals surface area contributed by atoms with E-state index < -0.39 is 5.92 Å². The van der Waals surface area contributed by atoms with E-state index in [1.807, 2.05) is 13.0 Å². The van der Waals surface area contributed by atoms with E-state index in [1.165, 1.54) is 18.3 Å². The number of rotatable bonds is 8. The maximum absolute atomic E-state index is 13.0. The first-order valence-corrected chi connectivity index (χ1v) is 10.5. The topological polar surface area (TPSA) is 76.6 Å². The third kappa shape index (κ3) is 4.92. The molecule has 10 heteroatoms. The number of thiazole rings is 1. The summed E-state index contributed by atoms with van der Waals surface area (Å²) in [7, 11) is 0. The molecule has 0 radical (unpaired) electrons. The van der Waals surface area contributed by atoms with Crippen LogP contribution in [0, 0.1) is 5.92 Å². The van der Waals surface area contributed by atoms with Crippen LogP contribution in [0.1, 0.15) is 26.7 Å². The Morgan fingerprint density at radius 3 is 2.83 bits per heavy atom. The lowest BCUT2D eigenvalue weighted by atomic mass is 9.83. The third-order valence-electron chi connectivity index (χ3n) is 5.02. The van der Waals surface area contributed by atoms with Gasteiger partial charge in [-0.3, -0.25) is 4.79 Å². The monoisotopic (exact) mass is 426 g/mol. The lowest BCUT2D eigenvalue weighted by Gasteiger charge is -2.38. The molecule has 1 atom stereocenters. The summed E-state index contributed by atoms with van der Waals surface area (Å²) in [5.41, 5.74) is 0.693. The lowest BCUT2D eigenvalue weighted by Crippen LogP contribution is -2.56. The smallest absolute Gasteiger partial charge is 0.282 e. The highest BCUT2D eigenvalue weighted by Crippen LogP contribution is 2.36. The summed E-state index contributed by atoms with van der Waals surface area (Å²) in [6.07, 6.45) is 2.04. The number of nitrogens with zero attached hydrogens (tertiary/aromatic N) is 3. The zero-order valence-corrected chi connectivity index (χ0v) is 17.2. The molecule has 2 aromatic heterocycles. The van der Waals surface area contributed by atoms with Gasteiger partial charge < -0.3 is 19.7 Å². The highest BCUT2D eigenvalue weighted by Gasteiger charge is 2.45. The van der Waals surface area contributed by atoms with Crippen LogP contribution in [-0.2, 0) is 9.53 Å². The second-order valence-electron chi connectivity index (χ2n) is 7.89. The molecule has 2 aromatic rings. The maximum atomic E-state index is 13.0. The highest BCUT2D eigenvalue weighted by molar-refractivity contribution is 7.21. The maximum Gasteiger partial charge on any atom is 0.282 e. The van der Waals surface area contributed by atoms with Crippen molar-refractivity contribution in [1.82, 2.24) is 15.3 Å². The number of carbonyl (C=O) groups is 1. The summed E-state index contributed by atoms with van der Waals surface area (Å²) < 4.78 is 37.7. The fourth-order valence-electron chi connectivity index (χ4n) is 3.47. The van der Waals surface area contributed by atoms with E-state index in [0.717, 1.165) is 12.8 Å². The van der Waals surface area contributed by atoms with Crippen molar-refractivity contribution in [2.45, 2.75) is 44.8 Å². The molecule has 7 nitrogen and oxygen atoms in total. The number of nitrogens with one attached hydrogen (secondary N) is 1. The summed E-state index contributed by atoms with van der Waals surface area (Å²) in [4.78, 5) is 22.1. The molecule has 3 heterocycles. The van der Waals surface area contributed by atoms with Crippen LogP contribution >= 0.6 is 11.3 Å². The molecule has 2 fully saturated rings. The van der Waals surface area contributed by atoms with E-state index in [1.54, 1.807) is 11.0 Å². The number of amides is 1. The number of ether oxygens (including phenoxy) is 2. The van der Waals surface area contributed by atoms with Crippen LogP contribution in [0.2, 0.25) is 0 Å². The first-order chi connectivity index (χ1) is 13.8. The molecule has 2 aliphatic rings. The minimum absolute atomic E-state index is 0.00511. The molecule has 0 spiro atoms. The number of hydrogen-bond donors (Lipinski definition) is 1. The van der Waals surface area contributed by atoms with Crippen molar-refractivity contribution in [2.75, 3.05) is 31.2 Å². The van der Waals surface area contributed by atoms with Gasteiger partial charge in [0.05, 0.1) is 32.4 Å². The Labute approximate surface area is 171 Å². The van der Waals surface area contributed by atoms with Gasteiger partial charge in [-0.25, -0.2) is 18.7 Å². The van der Waals surface area contributed by atoms with Gasteiger partial charge in [0.2, 0.25) is 11.8 Å². The number of carbonyl (C=O) groups excluding carboxylic acids is 1. The lowest BCUT2D eigenvalue weighted by molar-refractivity contribution is -0.120. The average Bonchev–Trinajstić information content (AvgIpc) is 3.00. The molecule has 1 N–H and O–H groups in total. The number of fused-ring (bicyclic) bond motifs is 1. The molecular formula is C19H24F2N4O3S. The zero-order valence-electron chi connectivity index (χ0n) is 16.4. The van der Waals surface area contributed by atoms with Gasteiger partial charge in [0.25, 0.3) is 5.92 Å². The second kappa shape index (κ2) is 7.98. The first kappa shape index (κ1) is 20.2. The Morgan fingerprint density at radius 2 is 2.14 bits per heavy atom. The quantitative estimate of drug-likeness (QED) is 0.700. The Balaban J connectivity index is 1.21. The molecule has 1 aliphatic heterocycles. The summed E-state index contributed by atoms with van der Waals surface area (Å²) >= 11 is 1.30. The fraction of sp³-hybridized carbons (Fsp3) is 0.632. The predicted octanol–water partition coefficient (Wildman–Crippen LogP) is 2.85. The van der Waals surface area contributed by atoms with Crippen LogP contribution in [0.15, 0.2) is 12.1 Å². The van der Waals surface area contributed by atoms with E-state index in [9.17, 15) is 13.6 Å². The fourth-order valence-corrected chi connectivity index (χ4v) is 4.40. The van der Waals surface area contributed by atoms with E-state index in [0.29, 0.717) is 40.5 Å². The highest BCUT2D eigenvalue weighted by atomic mass is 32.1. The number of halogens is 2. The molecule has 1 saturated carbocycles. The molecule has 1 saturated heterocycles. The Bertz CT molecular complexity index is 879. The SMILES string of the molecule is CC(=O)NC(C)COC1CC(COc2ccc3nc(N4CC(F)(F)C4)sc3n2)C1. The normalized spacial score (nSPS) is 23.9. The number of pyridine rings is 1. The van der Waals surface area contributed by atoms with E-state index in [-0.39, 0.29) is 31.1 Å². The van der Waals surface area contributed by atoms with Crippen molar-refractivity contribution in [2.24, 2.45) is 5.92 Å². The third-order valence-corrected chi connectivity index (χ3v) is 6.05. The minimum Gasteiger partial charge on any atom is -0.477 e. The number of anilines is 1. The predicted molar refractivity (Wildman–Crippen MR) is 106 cm³/mol. The number of hydrogen-bond acceptors (Lipinski definition) is 7. The number of alkyl halides is 2. The van der Waals surface area contributed by atoms with E-state index in [4.69, 9.17) is 9.47 Å². The van der Waals surface area contributed by atoms with Crippen molar-refractivity contribution in [3.63, 3.8) is 0 Å². The molecule has 29 heavy (non-hydrogen) atoms. The van der Waals surface area contributed by atoms with Gasteiger partial charge in [-0.2, -0.15) is 0 Å². The Kier molecular flexibility index (Phi) is 5.56. The number of aromatic nitrogens is 2. The van der Waals surface area contributed by atoms with Gasteiger partial charge in [-0.1, -0.05) is 11.3 Å². The Morgan fingerprint density at radius 1 is 1.38 bits per heavy atom. The molecule has 1 amide bonds. The van der Waals surface area contributed by atoms with E-state index >= 15 is 0 Å². The molecule has 0 aromatic carbocycles. The van der Waals surface area contributed by atoms with Gasteiger partial charge in [0.1, 0.15) is 10.3 Å². The minimum atomic E-state index is -2.62. The zero-order chi connectivity index (χ0) is 20.6. The van der Waals surface area contributed by atoms with Crippen molar-refractivity contribution in [1.29, 1.82) is 0 Å². The summed E-state index contributed by atoms with van der Waals surface area (Å²) in [6, 6.07) is 3.58. The van der Waals surface area contributed by atoms with Crippen LogP contribution in [0.25, 0.3) is 10.3 Å². The van der Waals surface area contributed by atoms with Crippen molar-refractivity contribution in [3.8, 4) is 5.88 Å². The van der Waals surface area contributed by atoms with Crippen LogP contribution in [0.5, 0.6) is 5.88 Å². The van der Waals surface area contributed by atoms with E-state index in [2.05, 4.69) is 15.3 Å². The van der Waals surface area contributed by atoms with Crippen LogP contribution in [0.3, 0.4) is 0 Å². The van der Waals surface area contributed by atoms with Crippen LogP contribution in [-0.4, -0.2) is 60.2 Å². The van der Waals surface area contributed by atoms with Gasteiger partial charge in [-0.05, 0) is 31.7 Å². The molecule has 4 rings (SSSR count). The largest absolute Gasteiger partial charge is 0.477 e. The van der Waals surface area contributed by atoms with Gasteiger partial charge in [-0.15, -0.1) is 0 Å². The standard InChI is InChI=1S/C19H24F2N4O3S/c1-11(22-12(2)26)7-27-14-5-13(6-14)8-28-16-4-3-15-17(24-16)29-18(23-15)25-9-19(20,21)10-25/h3-4,11,13-14H,5-10H2,1-2H3,(H,22,26). The van der Waals surface area contributed by atoms with Crippen LogP contribution < -0.4 is 15.0 Å². The van der Waals surface area contributed by atoms with Crippen molar-refractivity contribution < 1.29 is 23.0 Å². The Hall–Kier alpha value is -2.07. The summed E-state index contributed by atoms with van der Waals surface area (Å²) in [5.74, 6) is -1.74. The first-order valence-electron chi connectivity index (χ1n) is 9.69. The molecule has 158 valence electrons. The van der Waals surface area contributed by atoms with Gasteiger partial charge in [0.15, 0.2) is 5.13 Å². The van der Waals surface area contributed by atoms with Gasteiger partial charge >= 0.3 is 0 Å². The van der Waals surface area contributed by atoms with Gasteiger partial charge in [0, 0.05) is 19.0 Å². The molecule has 1 aliphatic carbocycles. The second-order valence-corrected chi connectivity index (χ2v) is 8.84. The molecule has 0 bridgehead atoms. The summed E-state index contributed by atoms with van der Waals surface area (Å²) in [6.45, 7) is 3.90.